The van der Waals surface area contributed by atoms with Crippen molar-refractivity contribution in [3.05, 3.63) is 35.1 Å². The van der Waals surface area contributed by atoms with Gasteiger partial charge in [0.15, 0.2) is 5.82 Å². The molecule has 0 fully saturated rings. The Labute approximate surface area is 135 Å². The molecule has 0 atom stereocenters. The van der Waals surface area contributed by atoms with E-state index in [4.69, 9.17) is 21.4 Å². The molecule has 0 saturated carbocycles. The van der Waals surface area contributed by atoms with Crippen molar-refractivity contribution in [2.24, 2.45) is 5.41 Å². The molecule has 5 nitrogen and oxygen atoms in total. The number of nitrogens with zero attached hydrogens (tertiary/aromatic N) is 3. The molecule has 0 aliphatic heterocycles. The predicted octanol–water partition coefficient (Wildman–Crippen LogP) is 3.38. The first-order valence-electron chi connectivity index (χ1n) is 6.66. The summed E-state index contributed by atoms with van der Waals surface area (Å²) in [6.45, 7) is 1.31. The van der Waals surface area contributed by atoms with Crippen molar-refractivity contribution in [2.75, 3.05) is 6.61 Å². The van der Waals surface area contributed by atoms with Crippen LogP contribution in [-0.2, 0) is 6.61 Å². The second-order valence-corrected chi connectivity index (χ2v) is 5.90. The summed E-state index contributed by atoms with van der Waals surface area (Å²) < 4.78 is 44.8. The van der Waals surface area contributed by atoms with Crippen LogP contribution in [0.4, 0.5) is 13.2 Å². The van der Waals surface area contributed by atoms with Crippen molar-refractivity contribution in [3.63, 3.8) is 0 Å². The number of rotatable bonds is 5. The molecule has 0 saturated heterocycles. The normalized spacial score (nSPS) is 12.5. The van der Waals surface area contributed by atoms with Gasteiger partial charge in [-0.3, -0.25) is 0 Å². The second kappa shape index (κ2) is 6.37. The largest absolute Gasteiger partial charge is 0.476 e. The van der Waals surface area contributed by atoms with E-state index < -0.39 is 18.2 Å². The van der Waals surface area contributed by atoms with Crippen LogP contribution in [0.2, 0.25) is 5.15 Å². The van der Waals surface area contributed by atoms with Crippen molar-refractivity contribution in [3.8, 4) is 11.7 Å². The van der Waals surface area contributed by atoms with Crippen molar-refractivity contribution in [1.29, 1.82) is 0 Å². The molecule has 2 aromatic heterocycles. The molecule has 126 valence electrons. The molecule has 0 aliphatic carbocycles. The van der Waals surface area contributed by atoms with E-state index in [-0.39, 0.29) is 17.6 Å². The monoisotopic (exact) mass is 349 g/mol. The number of alkyl halides is 3. The van der Waals surface area contributed by atoms with Crippen LogP contribution in [0.15, 0.2) is 24.4 Å². The molecule has 0 radical (unpaired) electrons. The lowest BCUT2D eigenvalue weighted by molar-refractivity contribution is -0.219. The lowest BCUT2D eigenvalue weighted by atomic mass is 9.94. The molecule has 0 amide bonds. The Morgan fingerprint density at radius 3 is 2.52 bits per heavy atom. The maximum atomic E-state index is 12.8. The lowest BCUT2D eigenvalue weighted by Gasteiger charge is -2.26. The Morgan fingerprint density at radius 2 is 1.96 bits per heavy atom. The highest BCUT2D eigenvalue weighted by Crippen LogP contribution is 2.37. The van der Waals surface area contributed by atoms with Crippen LogP contribution in [0.5, 0.6) is 5.88 Å². The molecule has 0 aromatic carbocycles. The summed E-state index contributed by atoms with van der Waals surface area (Å²) in [5.74, 6) is 0.406. The van der Waals surface area contributed by atoms with Crippen LogP contribution >= 0.6 is 11.6 Å². The molecule has 0 aliphatic rings. The number of pyridine rings is 1. The number of hydrogen-bond acceptors (Lipinski definition) is 4. The summed E-state index contributed by atoms with van der Waals surface area (Å²) in [7, 11) is 0. The molecule has 0 unspecified atom stereocenters. The van der Waals surface area contributed by atoms with Gasteiger partial charge in [-0.05, 0) is 26.0 Å². The van der Waals surface area contributed by atoms with E-state index in [2.05, 4.69) is 10.1 Å². The number of aliphatic hydroxyl groups is 1. The van der Waals surface area contributed by atoms with Crippen molar-refractivity contribution in [1.82, 2.24) is 14.8 Å². The standard InChI is InChI=1S/C14H15ClF3N3O2/c1-13(2,14(16,17)18)8-23-11-5-6-21(20-11)10-4-3-9(7-22)12(15)19-10/h3-6,22H,7-8H2,1-2H3. The van der Waals surface area contributed by atoms with Gasteiger partial charge in [-0.25, -0.2) is 9.67 Å². The fourth-order valence-corrected chi connectivity index (χ4v) is 1.76. The number of hydrogen-bond donors (Lipinski definition) is 1. The highest BCUT2D eigenvalue weighted by molar-refractivity contribution is 6.30. The second-order valence-electron chi connectivity index (χ2n) is 5.55. The highest BCUT2D eigenvalue weighted by atomic mass is 35.5. The van der Waals surface area contributed by atoms with Gasteiger partial charge in [0.25, 0.3) is 0 Å². The fourth-order valence-electron chi connectivity index (χ4n) is 1.55. The number of aromatic nitrogens is 3. The van der Waals surface area contributed by atoms with Crippen LogP contribution < -0.4 is 4.74 Å². The first kappa shape index (κ1) is 17.6. The van der Waals surface area contributed by atoms with E-state index in [1.165, 1.54) is 16.9 Å². The third-order valence-corrected chi connectivity index (χ3v) is 3.56. The van der Waals surface area contributed by atoms with Gasteiger partial charge in [0.1, 0.15) is 11.8 Å². The zero-order valence-electron chi connectivity index (χ0n) is 12.4. The maximum Gasteiger partial charge on any atom is 0.397 e. The molecule has 2 heterocycles. The summed E-state index contributed by atoms with van der Waals surface area (Å²) in [6.07, 6.45) is -2.88. The van der Waals surface area contributed by atoms with E-state index in [9.17, 15) is 13.2 Å². The summed E-state index contributed by atoms with van der Waals surface area (Å²) in [4.78, 5) is 4.05. The predicted molar refractivity (Wildman–Crippen MR) is 77.6 cm³/mol. The minimum Gasteiger partial charge on any atom is -0.476 e. The van der Waals surface area contributed by atoms with Gasteiger partial charge < -0.3 is 9.84 Å². The quantitative estimate of drug-likeness (QED) is 0.841. The van der Waals surface area contributed by atoms with Gasteiger partial charge in [0.05, 0.1) is 12.0 Å². The number of aliphatic hydroxyl groups excluding tert-OH is 1. The van der Waals surface area contributed by atoms with Gasteiger partial charge in [-0.1, -0.05) is 11.6 Å². The van der Waals surface area contributed by atoms with Crippen LogP contribution in [0.25, 0.3) is 5.82 Å². The summed E-state index contributed by atoms with van der Waals surface area (Å²) in [5, 5.41) is 13.2. The molecule has 2 aromatic rings. The van der Waals surface area contributed by atoms with Crippen LogP contribution in [0.3, 0.4) is 0 Å². The van der Waals surface area contributed by atoms with Gasteiger partial charge in [0.2, 0.25) is 5.88 Å². The summed E-state index contributed by atoms with van der Waals surface area (Å²) >= 11 is 5.89. The van der Waals surface area contributed by atoms with E-state index in [1.807, 2.05) is 0 Å². The third-order valence-electron chi connectivity index (χ3n) is 3.23. The average molecular weight is 350 g/mol. The van der Waals surface area contributed by atoms with Crippen molar-refractivity contribution >= 4 is 11.6 Å². The van der Waals surface area contributed by atoms with E-state index in [1.54, 1.807) is 12.1 Å². The highest BCUT2D eigenvalue weighted by Gasteiger charge is 2.48. The Morgan fingerprint density at radius 1 is 1.26 bits per heavy atom. The lowest BCUT2D eigenvalue weighted by Crippen LogP contribution is -2.37. The Balaban J connectivity index is 2.11. The molecule has 0 spiro atoms. The number of ether oxygens (including phenoxy) is 1. The van der Waals surface area contributed by atoms with Gasteiger partial charge in [-0.2, -0.15) is 13.2 Å². The average Bonchev–Trinajstić information content (AvgIpc) is 2.93. The zero-order valence-corrected chi connectivity index (χ0v) is 13.2. The summed E-state index contributed by atoms with van der Waals surface area (Å²) in [6, 6.07) is 4.59. The fraction of sp³-hybridized carbons (Fsp3) is 0.429. The van der Waals surface area contributed by atoms with E-state index in [0.717, 1.165) is 13.8 Å². The molecular weight excluding hydrogens is 335 g/mol. The Hall–Kier alpha value is -1.80. The van der Waals surface area contributed by atoms with Gasteiger partial charge in [0, 0.05) is 17.8 Å². The van der Waals surface area contributed by atoms with Crippen molar-refractivity contribution < 1.29 is 23.0 Å². The summed E-state index contributed by atoms with van der Waals surface area (Å²) in [5.41, 5.74) is -1.52. The van der Waals surface area contributed by atoms with Gasteiger partial charge >= 0.3 is 6.18 Å². The molecule has 9 heteroatoms. The molecule has 1 N–H and O–H groups in total. The third kappa shape index (κ3) is 3.94. The SMILES string of the molecule is CC(C)(COc1ccn(-c2ccc(CO)c(Cl)n2)n1)C(F)(F)F. The van der Waals surface area contributed by atoms with E-state index in [0.29, 0.717) is 11.4 Å². The van der Waals surface area contributed by atoms with Gasteiger partial charge in [-0.15, -0.1) is 5.10 Å². The Bertz CT molecular complexity index is 686. The van der Waals surface area contributed by atoms with Crippen LogP contribution in [0.1, 0.15) is 19.4 Å². The maximum absolute atomic E-state index is 12.8. The minimum atomic E-state index is -4.37. The van der Waals surface area contributed by atoms with Crippen molar-refractivity contribution in [2.45, 2.75) is 26.6 Å². The Kier molecular flexibility index (Phi) is 4.86. The molecule has 2 rings (SSSR count). The number of halogens is 4. The first-order chi connectivity index (χ1) is 10.6. The molecular formula is C14H15ClF3N3O2. The van der Waals surface area contributed by atoms with Crippen LogP contribution in [0, 0.1) is 5.41 Å². The first-order valence-corrected chi connectivity index (χ1v) is 7.04. The molecule has 0 bridgehead atoms. The zero-order chi connectivity index (χ0) is 17.3. The minimum absolute atomic E-state index is 0.0477. The smallest absolute Gasteiger partial charge is 0.397 e. The molecule has 23 heavy (non-hydrogen) atoms. The van der Waals surface area contributed by atoms with Crippen LogP contribution in [-0.4, -0.2) is 32.7 Å². The topological polar surface area (TPSA) is 60.2 Å². The van der Waals surface area contributed by atoms with E-state index >= 15 is 0 Å².